The van der Waals surface area contributed by atoms with E-state index in [1.807, 2.05) is 21.1 Å². The van der Waals surface area contributed by atoms with Crippen LogP contribution in [0.3, 0.4) is 0 Å². The smallest absolute Gasteiger partial charge is 0.416 e. The van der Waals surface area contributed by atoms with Gasteiger partial charge in [0.1, 0.15) is 27.9 Å². The Morgan fingerprint density at radius 2 is 1.70 bits per heavy atom. The number of carbonyl (C=O) groups is 1. The van der Waals surface area contributed by atoms with E-state index in [1.165, 1.54) is 47.3 Å². The SMILES string of the molecule is O=S(=O)([O-])c1ccccc1.[C-]#[N+]c1ccc(-n2nccc2-c2c(C)n(-c3cccc(C(F)(F)F)c3)c(=O)n2C(=O)NC2(c3ncc(C[N+](C)(C)C)o3)CC2)cc1. The number of carbonyl (C=O) groups excluding carboxylic acids is 1. The molecule has 56 heavy (non-hydrogen) atoms. The van der Waals surface area contributed by atoms with Gasteiger partial charge in [0.15, 0.2) is 11.4 Å². The lowest BCUT2D eigenvalue weighted by Gasteiger charge is -2.22. The number of benzene rings is 3. The second-order valence-electron chi connectivity index (χ2n) is 14.1. The summed E-state index contributed by atoms with van der Waals surface area (Å²) < 4.78 is 81.9. The Kier molecular flexibility index (Phi) is 10.4. The fourth-order valence-corrected chi connectivity index (χ4v) is 6.50. The highest BCUT2D eigenvalue weighted by atomic mass is 32.2. The summed E-state index contributed by atoms with van der Waals surface area (Å²) in [6, 6.07) is 18.9. The monoisotopic (exact) mass is 788 g/mol. The standard InChI is InChI=1S/C32H29F3N8O3.C6H6O3S/c1-20-27(26-13-16-38-42(26)23-11-9-22(36-2)10-12-23)41(30(45)40(20)24-8-6-7-21(17-24)32(33,34)35)29(44)39-31(14-15-31)28-37-18-25(46-28)19-43(3,4)5;7-10(8,9)6-4-2-1-3-5-6/h6-13,16-18H,14-15,19H2,1,3-5H3;1-5H,(H,7,8,9). The topological polar surface area (TPSA) is 161 Å². The Bertz CT molecular complexity index is 2610. The van der Waals surface area contributed by atoms with Crippen LogP contribution in [0.2, 0.25) is 0 Å². The van der Waals surface area contributed by atoms with Crippen LogP contribution in [0.15, 0.2) is 111 Å². The number of hydrogen-bond donors (Lipinski definition) is 1. The molecule has 3 aromatic heterocycles. The minimum atomic E-state index is -4.65. The molecular weight excluding hydrogens is 754 g/mol. The first kappa shape index (κ1) is 39.4. The molecule has 1 N–H and O–H groups in total. The van der Waals surface area contributed by atoms with Crippen LogP contribution in [-0.2, 0) is 28.4 Å². The average molecular weight is 789 g/mol. The molecule has 0 bridgehead atoms. The Balaban J connectivity index is 0.000000463. The number of halogens is 3. The molecule has 0 unspecified atom stereocenters. The van der Waals surface area contributed by atoms with E-state index in [2.05, 4.69) is 20.2 Å². The number of rotatable bonds is 8. The number of alkyl halides is 3. The molecule has 1 aliphatic carbocycles. The van der Waals surface area contributed by atoms with Gasteiger partial charge >= 0.3 is 17.9 Å². The van der Waals surface area contributed by atoms with Crippen molar-refractivity contribution in [2.75, 3.05) is 21.1 Å². The molecule has 0 atom stereocenters. The maximum Gasteiger partial charge on any atom is 0.416 e. The van der Waals surface area contributed by atoms with Crippen molar-refractivity contribution in [1.29, 1.82) is 0 Å². The Hall–Kier alpha value is -6.29. The van der Waals surface area contributed by atoms with Crippen molar-refractivity contribution in [2.45, 2.75) is 42.9 Å². The van der Waals surface area contributed by atoms with Crippen LogP contribution in [0.5, 0.6) is 0 Å². The van der Waals surface area contributed by atoms with Crippen molar-refractivity contribution in [3.63, 3.8) is 0 Å². The second kappa shape index (κ2) is 14.7. The summed E-state index contributed by atoms with van der Waals surface area (Å²) in [6.07, 6.45) is -0.506. The highest BCUT2D eigenvalue weighted by Gasteiger charge is 2.51. The van der Waals surface area contributed by atoms with E-state index < -0.39 is 39.1 Å². The van der Waals surface area contributed by atoms with E-state index in [0.717, 1.165) is 21.3 Å². The lowest BCUT2D eigenvalue weighted by Crippen LogP contribution is -2.42. The van der Waals surface area contributed by atoms with Crippen molar-refractivity contribution in [2.24, 2.45) is 0 Å². The second-order valence-corrected chi connectivity index (χ2v) is 15.4. The summed E-state index contributed by atoms with van der Waals surface area (Å²) in [5.41, 5.74) is -1.19. The van der Waals surface area contributed by atoms with Gasteiger partial charge in [-0.2, -0.15) is 18.3 Å². The van der Waals surface area contributed by atoms with Crippen LogP contribution >= 0.6 is 0 Å². The fraction of sp³-hybridized carbons (Fsp3) is 0.237. The van der Waals surface area contributed by atoms with Gasteiger partial charge in [0.2, 0.25) is 5.89 Å². The molecule has 1 amide bonds. The van der Waals surface area contributed by atoms with Crippen LogP contribution in [0.4, 0.5) is 23.7 Å². The average Bonchev–Trinajstić information content (AvgIpc) is 3.42. The summed E-state index contributed by atoms with van der Waals surface area (Å²) in [4.78, 5) is 35.9. The van der Waals surface area contributed by atoms with Gasteiger partial charge < -0.3 is 18.8 Å². The van der Waals surface area contributed by atoms with Gasteiger partial charge in [0, 0.05) is 0 Å². The van der Waals surface area contributed by atoms with Crippen molar-refractivity contribution in [3.05, 3.63) is 142 Å². The third kappa shape index (κ3) is 8.34. The molecule has 0 saturated heterocycles. The van der Waals surface area contributed by atoms with Gasteiger partial charge in [-0.3, -0.25) is 4.57 Å². The largest absolute Gasteiger partial charge is 0.744 e. The Morgan fingerprint density at radius 1 is 1.02 bits per heavy atom. The maximum absolute atomic E-state index is 14.1. The van der Waals surface area contributed by atoms with Gasteiger partial charge in [-0.1, -0.05) is 36.4 Å². The number of quaternary nitrogens is 1. The summed E-state index contributed by atoms with van der Waals surface area (Å²) in [6.45, 7) is 9.37. The minimum Gasteiger partial charge on any atom is -0.744 e. The van der Waals surface area contributed by atoms with Crippen LogP contribution in [0.1, 0.15) is 35.7 Å². The molecule has 0 radical (unpaired) electrons. The molecule has 1 saturated carbocycles. The number of imidazole rings is 1. The van der Waals surface area contributed by atoms with E-state index in [0.29, 0.717) is 52.6 Å². The number of oxazole rings is 1. The van der Waals surface area contributed by atoms with E-state index in [4.69, 9.17) is 11.0 Å². The number of hydrogen-bond acceptors (Lipinski definition) is 8. The molecule has 6 aromatic rings. The van der Waals surface area contributed by atoms with Crippen molar-refractivity contribution < 1.29 is 39.8 Å². The first-order valence-corrected chi connectivity index (χ1v) is 18.4. The molecular formula is C38H35F3N8O6S. The van der Waals surface area contributed by atoms with Crippen LogP contribution < -0.4 is 11.0 Å². The number of amides is 1. The number of aromatic nitrogens is 5. The highest BCUT2D eigenvalue weighted by molar-refractivity contribution is 7.85. The zero-order valence-corrected chi connectivity index (χ0v) is 31.3. The van der Waals surface area contributed by atoms with Gasteiger partial charge in [0.05, 0.1) is 73.3 Å². The zero-order valence-electron chi connectivity index (χ0n) is 30.5. The Labute approximate surface area is 319 Å². The van der Waals surface area contributed by atoms with Gasteiger partial charge in [-0.25, -0.2) is 37.1 Å². The van der Waals surface area contributed by atoms with Gasteiger partial charge in [0.25, 0.3) is 0 Å². The van der Waals surface area contributed by atoms with Crippen LogP contribution in [0.25, 0.3) is 27.6 Å². The quantitative estimate of drug-likeness (QED) is 0.105. The van der Waals surface area contributed by atoms with Crippen LogP contribution in [-0.4, -0.2) is 68.5 Å². The molecule has 1 aliphatic rings. The van der Waals surface area contributed by atoms with Gasteiger partial charge in [-0.05, 0) is 68.3 Å². The number of nitrogens with zero attached hydrogens (tertiary/aromatic N) is 7. The van der Waals surface area contributed by atoms with E-state index in [1.54, 1.807) is 49.5 Å². The maximum atomic E-state index is 14.1. The fourth-order valence-electron chi connectivity index (χ4n) is 6.01. The third-order valence-electron chi connectivity index (χ3n) is 8.75. The molecule has 3 heterocycles. The summed E-state index contributed by atoms with van der Waals surface area (Å²) in [5.74, 6) is 0.957. The summed E-state index contributed by atoms with van der Waals surface area (Å²) >= 11 is 0. The van der Waals surface area contributed by atoms with Crippen LogP contribution in [0, 0.1) is 13.5 Å². The first-order chi connectivity index (χ1) is 26.3. The predicted octanol–water partition coefficient (Wildman–Crippen LogP) is 6.40. The first-order valence-electron chi connectivity index (χ1n) is 16.9. The van der Waals surface area contributed by atoms with Crippen molar-refractivity contribution >= 4 is 21.8 Å². The Morgan fingerprint density at radius 3 is 2.27 bits per heavy atom. The third-order valence-corrected chi connectivity index (χ3v) is 9.60. The molecule has 14 nitrogen and oxygen atoms in total. The molecule has 3 aromatic carbocycles. The summed E-state index contributed by atoms with van der Waals surface area (Å²) in [7, 11) is 1.77. The predicted molar refractivity (Wildman–Crippen MR) is 196 cm³/mol. The van der Waals surface area contributed by atoms with E-state index >= 15 is 0 Å². The molecule has 1 fully saturated rings. The lowest BCUT2D eigenvalue weighted by atomic mass is 10.2. The van der Waals surface area contributed by atoms with Crippen molar-refractivity contribution in [3.8, 4) is 22.8 Å². The molecule has 18 heteroatoms. The minimum absolute atomic E-state index is 0.0589. The van der Waals surface area contributed by atoms with Gasteiger partial charge in [-0.15, -0.1) is 0 Å². The number of nitrogens with one attached hydrogen (secondary N) is 1. The molecule has 290 valence electrons. The molecule has 7 rings (SSSR count). The van der Waals surface area contributed by atoms with E-state index in [9.17, 15) is 35.7 Å². The highest BCUT2D eigenvalue weighted by Crippen LogP contribution is 2.45. The lowest BCUT2D eigenvalue weighted by molar-refractivity contribution is -0.884. The normalized spacial score (nSPS) is 13.7. The van der Waals surface area contributed by atoms with E-state index in [-0.39, 0.29) is 22.0 Å². The molecule has 0 spiro atoms. The van der Waals surface area contributed by atoms with Crippen molar-refractivity contribution in [1.82, 2.24) is 29.2 Å². The molecule has 0 aliphatic heterocycles. The zero-order chi connectivity index (χ0) is 40.6. The summed E-state index contributed by atoms with van der Waals surface area (Å²) in [5, 5.41) is 7.32.